The van der Waals surface area contributed by atoms with Gasteiger partial charge in [0.1, 0.15) is 5.82 Å². The zero-order valence-corrected chi connectivity index (χ0v) is 11.1. The van der Waals surface area contributed by atoms with Crippen LogP contribution in [0.5, 0.6) is 0 Å². The molecule has 0 saturated heterocycles. The van der Waals surface area contributed by atoms with Gasteiger partial charge in [0, 0.05) is 6.04 Å². The van der Waals surface area contributed by atoms with Gasteiger partial charge in [-0.15, -0.1) is 0 Å². The molecule has 1 saturated carbocycles. The van der Waals surface area contributed by atoms with Gasteiger partial charge in [-0.05, 0) is 36.5 Å². The van der Waals surface area contributed by atoms with Gasteiger partial charge in [0.05, 0.1) is 0 Å². The van der Waals surface area contributed by atoms with Gasteiger partial charge in [-0.3, -0.25) is 0 Å². The maximum Gasteiger partial charge on any atom is 0.123 e. The number of nitrogens with two attached hydrogens (primary N) is 1. The third-order valence-corrected chi connectivity index (χ3v) is 4.00. The van der Waals surface area contributed by atoms with Crippen LogP contribution in [-0.4, -0.2) is 6.04 Å². The molecule has 1 aromatic rings. The molecule has 1 unspecified atom stereocenters. The Hall–Kier alpha value is -0.890. The minimum Gasteiger partial charge on any atom is -0.327 e. The molecule has 100 valence electrons. The smallest absolute Gasteiger partial charge is 0.123 e. The Kier molecular flexibility index (Phi) is 5.18. The second-order valence-electron chi connectivity index (χ2n) is 5.69. The lowest BCUT2D eigenvalue weighted by Gasteiger charge is -2.19. The van der Waals surface area contributed by atoms with Crippen LogP contribution in [0.2, 0.25) is 0 Å². The van der Waals surface area contributed by atoms with E-state index < -0.39 is 0 Å². The van der Waals surface area contributed by atoms with Gasteiger partial charge < -0.3 is 5.73 Å². The lowest BCUT2D eigenvalue weighted by atomic mass is 9.90. The van der Waals surface area contributed by atoms with E-state index in [1.165, 1.54) is 44.6 Å². The fraction of sp³-hybridized carbons (Fsp3) is 0.625. The average Bonchev–Trinajstić information content (AvgIpc) is 2.57. The summed E-state index contributed by atoms with van der Waals surface area (Å²) in [7, 11) is 0. The second-order valence-corrected chi connectivity index (χ2v) is 5.69. The molecule has 1 atom stereocenters. The summed E-state index contributed by atoms with van der Waals surface area (Å²) in [6, 6.07) is 7.00. The topological polar surface area (TPSA) is 26.0 Å². The molecule has 2 rings (SSSR count). The fourth-order valence-corrected chi connectivity index (χ4v) is 3.08. The summed E-state index contributed by atoms with van der Waals surface area (Å²) in [5.74, 6) is 0.630. The molecule has 0 aromatic heterocycles. The molecule has 0 heterocycles. The summed E-state index contributed by atoms with van der Waals surface area (Å²) in [6.45, 7) is 0. The van der Waals surface area contributed by atoms with Crippen molar-refractivity contribution in [1.29, 1.82) is 0 Å². The van der Waals surface area contributed by atoms with Crippen molar-refractivity contribution in [1.82, 2.24) is 0 Å². The summed E-state index contributed by atoms with van der Waals surface area (Å²) in [4.78, 5) is 0. The van der Waals surface area contributed by atoms with Crippen molar-refractivity contribution in [2.45, 2.75) is 57.4 Å². The third-order valence-electron chi connectivity index (χ3n) is 4.00. The molecule has 1 aliphatic carbocycles. The molecule has 0 bridgehead atoms. The average molecular weight is 249 g/mol. The summed E-state index contributed by atoms with van der Waals surface area (Å²) in [5.41, 5.74) is 7.24. The highest BCUT2D eigenvalue weighted by Crippen LogP contribution is 2.26. The molecule has 1 aromatic carbocycles. The number of hydrogen-bond acceptors (Lipinski definition) is 1. The summed E-state index contributed by atoms with van der Waals surface area (Å²) >= 11 is 0. The number of hydrogen-bond donors (Lipinski definition) is 1. The standard InChI is InChI=1S/C16H24FN/c17-15-9-5-8-14(10-15)12-16(18)11-13-6-3-1-2-4-7-13/h5,8-10,13,16H,1-4,6-7,11-12,18H2. The molecule has 0 amide bonds. The van der Waals surface area contributed by atoms with E-state index in [0.29, 0.717) is 0 Å². The van der Waals surface area contributed by atoms with Crippen LogP contribution in [0, 0.1) is 11.7 Å². The highest BCUT2D eigenvalue weighted by atomic mass is 19.1. The quantitative estimate of drug-likeness (QED) is 0.800. The van der Waals surface area contributed by atoms with Gasteiger partial charge in [-0.1, -0.05) is 50.7 Å². The Morgan fingerprint density at radius 1 is 1.17 bits per heavy atom. The van der Waals surface area contributed by atoms with Crippen molar-refractivity contribution in [3.8, 4) is 0 Å². The first-order valence-corrected chi connectivity index (χ1v) is 7.24. The molecule has 2 N–H and O–H groups in total. The van der Waals surface area contributed by atoms with E-state index in [-0.39, 0.29) is 11.9 Å². The van der Waals surface area contributed by atoms with Crippen LogP contribution in [0.1, 0.15) is 50.5 Å². The maximum atomic E-state index is 13.1. The van der Waals surface area contributed by atoms with Crippen LogP contribution in [0.4, 0.5) is 4.39 Å². The van der Waals surface area contributed by atoms with E-state index in [1.807, 2.05) is 6.07 Å². The van der Waals surface area contributed by atoms with E-state index in [4.69, 9.17) is 5.73 Å². The Bertz CT molecular complexity index is 356. The monoisotopic (exact) mass is 249 g/mol. The second kappa shape index (κ2) is 6.89. The third kappa shape index (κ3) is 4.41. The van der Waals surface area contributed by atoms with Crippen LogP contribution in [0.3, 0.4) is 0 Å². The molecule has 0 aliphatic heterocycles. The van der Waals surface area contributed by atoms with Crippen molar-refractivity contribution in [3.05, 3.63) is 35.6 Å². The van der Waals surface area contributed by atoms with Crippen molar-refractivity contribution in [2.75, 3.05) is 0 Å². The Labute approximate surface area is 110 Å². The van der Waals surface area contributed by atoms with Crippen molar-refractivity contribution < 1.29 is 4.39 Å². The molecule has 1 fully saturated rings. The lowest BCUT2D eigenvalue weighted by Crippen LogP contribution is -2.26. The fourth-order valence-electron chi connectivity index (χ4n) is 3.08. The first kappa shape index (κ1) is 13.5. The van der Waals surface area contributed by atoms with Gasteiger partial charge in [-0.25, -0.2) is 4.39 Å². The normalized spacial score (nSPS) is 19.4. The molecule has 0 radical (unpaired) electrons. The molecular weight excluding hydrogens is 225 g/mol. The first-order valence-electron chi connectivity index (χ1n) is 7.24. The highest BCUT2D eigenvalue weighted by molar-refractivity contribution is 5.17. The van der Waals surface area contributed by atoms with Gasteiger partial charge in [0.25, 0.3) is 0 Å². The Morgan fingerprint density at radius 3 is 2.56 bits per heavy atom. The van der Waals surface area contributed by atoms with Crippen molar-refractivity contribution in [2.24, 2.45) is 11.7 Å². The maximum absolute atomic E-state index is 13.1. The van der Waals surface area contributed by atoms with Crippen LogP contribution < -0.4 is 5.73 Å². The van der Waals surface area contributed by atoms with E-state index in [9.17, 15) is 4.39 Å². The SMILES string of the molecule is NC(Cc1cccc(F)c1)CC1CCCCCC1. The lowest BCUT2D eigenvalue weighted by molar-refractivity contribution is 0.387. The highest BCUT2D eigenvalue weighted by Gasteiger charge is 2.16. The summed E-state index contributed by atoms with van der Waals surface area (Å²) in [5, 5.41) is 0. The molecule has 2 heteroatoms. The van der Waals surface area contributed by atoms with Crippen molar-refractivity contribution in [3.63, 3.8) is 0 Å². The van der Waals surface area contributed by atoms with Gasteiger partial charge in [0.2, 0.25) is 0 Å². The van der Waals surface area contributed by atoms with Gasteiger partial charge in [-0.2, -0.15) is 0 Å². The predicted octanol–water partition coefficient (Wildman–Crippen LogP) is 4.06. The van der Waals surface area contributed by atoms with E-state index in [2.05, 4.69) is 0 Å². The van der Waals surface area contributed by atoms with E-state index in [1.54, 1.807) is 12.1 Å². The zero-order valence-electron chi connectivity index (χ0n) is 11.1. The Balaban J connectivity index is 1.82. The first-order chi connectivity index (χ1) is 8.74. The van der Waals surface area contributed by atoms with E-state index in [0.717, 1.165) is 24.3 Å². The zero-order chi connectivity index (χ0) is 12.8. The van der Waals surface area contributed by atoms with Gasteiger partial charge >= 0.3 is 0 Å². The summed E-state index contributed by atoms with van der Waals surface area (Å²) in [6.07, 6.45) is 10.0. The van der Waals surface area contributed by atoms with Crippen LogP contribution >= 0.6 is 0 Å². The van der Waals surface area contributed by atoms with E-state index >= 15 is 0 Å². The number of rotatable bonds is 4. The molecule has 18 heavy (non-hydrogen) atoms. The Morgan fingerprint density at radius 2 is 1.89 bits per heavy atom. The molecule has 1 nitrogen and oxygen atoms in total. The molecule has 1 aliphatic rings. The summed E-state index contributed by atoms with van der Waals surface area (Å²) < 4.78 is 13.1. The predicted molar refractivity (Wildman–Crippen MR) is 73.9 cm³/mol. The molecular formula is C16H24FN. The number of benzene rings is 1. The number of halogens is 1. The minimum atomic E-state index is -0.158. The van der Waals surface area contributed by atoms with Crippen LogP contribution in [-0.2, 0) is 6.42 Å². The minimum absolute atomic E-state index is 0.158. The molecule has 0 spiro atoms. The van der Waals surface area contributed by atoms with Crippen LogP contribution in [0.25, 0.3) is 0 Å². The largest absolute Gasteiger partial charge is 0.327 e. The van der Waals surface area contributed by atoms with Crippen molar-refractivity contribution >= 4 is 0 Å². The van der Waals surface area contributed by atoms with Crippen LogP contribution in [0.15, 0.2) is 24.3 Å². The van der Waals surface area contributed by atoms with Gasteiger partial charge in [0.15, 0.2) is 0 Å².